The number of nitrogen functional groups attached to an aromatic ring is 1. The molecule has 0 unspecified atom stereocenters. The lowest BCUT2D eigenvalue weighted by Crippen LogP contribution is -2.06. The van der Waals surface area contributed by atoms with Crippen molar-refractivity contribution in [1.82, 2.24) is 9.97 Å². The van der Waals surface area contributed by atoms with Gasteiger partial charge in [0, 0.05) is 5.56 Å². The van der Waals surface area contributed by atoms with Gasteiger partial charge in [-0.05, 0) is 17.7 Å². The Morgan fingerprint density at radius 1 is 1.00 bits per heavy atom. The van der Waals surface area contributed by atoms with Crippen LogP contribution in [-0.4, -0.2) is 9.97 Å². The van der Waals surface area contributed by atoms with Gasteiger partial charge in [-0.2, -0.15) is 18.2 Å². The second-order valence-corrected chi connectivity index (χ2v) is 5.29. The average molecular weight is 345 g/mol. The highest BCUT2D eigenvalue weighted by atomic mass is 19.4. The number of rotatable bonds is 4. The molecule has 0 radical (unpaired) electrons. The Labute approximate surface area is 142 Å². The molecule has 0 bridgehead atoms. The molecule has 25 heavy (non-hydrogen) atoms. The van der Waals surface area contributed by atoms with Gasteiger partial charge >= 0.3 is 6.18 Å². The van der Waals surface area contributed by atoms with Crippen LogP contribution in [0.25, 0.3) is 11.3 Å². The van der Waals surface area contributed by atoms with Crippen molar-refractivity contribution in [1.29, 1.82) is 0 Å². The zero-order chi connectivity index (χ0) is 17.9. The van der Waals surface area contributed by atoms with Crippen molar-refractivity contribution in [2.75, 3.05) is 5.73 Å². The molecule has 7 heteroatoms. The van der Waals surface area contributed by atoms with E-state index >= 15 is 0 Å². The normalized spacial score (nSPS) is 11.3. The Morgan fingerprint density at radius 3 is 2.44 bits per heavy atom. The first kappa shape index (κ1) is 16.8. The minimum absolute atomic E-state index is 0.00452. The highest BCUT2D eigenvalue weighted by molar-refractivity contribution is 5.70. The van der Waals surface area contributed by atoms with Crippen LogP contribution in [0.15, 0.2) is 60.8 Å². The molecule has 0 saturated heterocycles. The molecule has 2 N–H and O–H groups in total. The molecule has 0 aliphatic rings. The van der Waals surface area contributed by atoms with Gasteiger partial charge in [-0.1, -0.05) is 42.5 Å². The lowest BCUT2D eigenvalue weighted by molar-refractivity contribution is -0.137. The van der Waals surface area contributed by atoms with E-state index in [0.29, 0.717) is 0 Å². The van der Waals surface area contributed by atoms with E-state index in [1.54, 1.807) is 0 Å². The maximum absolute atomic E-state index is 12.8. The number of hydrogen-bond donors (Lipinski definition) is 1. The van der Waals surface area contributed by atoms with Gasteiger partial charge in [-0.3, -0.25) is 0 Å². The molecule has 0 aliphatic carbocycles. The molecule has 0 spiro atoms. The van der Waals surface area contributed by atoms with Crippen molar-refractivity contribution in [2.45, 2.75) is 12.8 Å². The molecule has 4 nitrogen and oxygen atoms in total. The summed E-state index contributed by atoms with van der Waals surface area (Å²) in [5.74, 6) is 0.210. The molecule has 1 aromatic heterocycles. The molecule has 128 valence electrons. The summed E-state index contributed by atoms with van der Waals surface area (Å²) >= 11 is 0. The Bertz CT molecular complexity index is 867. The van der Waals surface area contributed by atoms with E-state index in [4.69, 9.17) is 10.5 Å². The predicted octanol–water partition coefficient (Wildman–Crippen LogP) is 4.32. The van der Waals surface area contributed by atoms with Gasteiger partial charge in [-0.25, -0.2) is 4.98 Å². The molecule has 2 aromatic carbocycles. The van der Waals surface area contributed by atoms with E-state index < -0.39 is 11.7 Å². The molecule has 0 fully saturated rings. The predicted molar refractivity (Wildman–Crippen MR) is 87.7 cm³/mol. The number of nitrogens with two attached hydrogens (primary N) is 1. The molecule has 0 aliphatic heterocycles. The summed E-state index contributed by atoms with van der Waals surface area (Å²) in [5.41, 5.74) is 6.45. The van der Waals surface area contributed by atoms with Crippen LogP contribution < -0.4 is 10.5 Å². The second kappa shape index (κ2) is 6.80. The van der Waals surface area contributed by atoms with Crippen molar-refractivity contribution >= 4 is 5.82 Å². The minimum Gasteiger partial charge on any atom is -0.472 e. The lowest BCUT2D eigenvalue weighted by Gasteiger charge is -2.11. The lowest BCUT2D eigenvalue weighted by atomic mass is 10.1. The maximum atomic E-state index is 12.8. The van der Waals surface area contributed by atoms with Gasteiger partial charge < -0.3 is 10.5 Å². The number of benzene rings is 2. The summed E-state index contributed by atoms with van der Waals surface area (Å²) in [5, 5.41) is 0. The third-order valence-electron chi connectivity index (χ3n) is 3.47. The van der Waals surface area contributed by atoms with Gasteiger partial charge in [0.15, 0.2) is 5.82 Å². The third-order valence-corrected chi connectivity index (χ3v) is 3.47. The van der Waals surface area contributed by atoms with E-state index in [0.717, 1.165) is 17.7 Å². The largest absolute Gasteiger partial charge is 0.472 e. The van der Waals surface area contributed by atoms with Crippen LogP contribution in [0.4, 0.5) is 19.0 Å². The zero-order valence-electron chi connectivity index (χ0n) is 13.0. The second-order valence-electron chi connectivity index (χ2n) is 5.29. The molecule has 1 heterocycles. The van der Waals surface area contributed by atoms with E-state index in [9.17, 15) is 13.2 Å². The molecule has 3 aromatic rings. The standard InChI is InChI=1S/C18H14F3N3O/c19-18(20,21)14-8-4-7-13(9-14)16-17(22)24-15(10-23-16)25-11-12-5-2-1-3-6-12/h1-10H,11H2,(H2,22,24). The summed E-state index contributed by atoms with van der Waals surface area (Å²) in [6, 6.07) is 14.2. The molecule has 0 atom stereocenters. The van der Waals surface area contributed by atoms with Crippen LogP contribution in [0.5, 0.6) is 5.88 Å². The fraction of sp³-hybridized carbons (Fsp3) is 0.111. The van der Waals surface area contributed by atoms with Crippen LogP contribution in [-0.2, 0) is 12.8 Å². The monoisotopic (exact) mass is 345 g/mol. The van der Waals surface area contributed by atoms with E-state index in [2.05, 4.69) is 9.97 Å². The van der Waals surface area contributed by atoms with Gasteiger partial charge in [0.1, 0.15) is 12.3 Å². The Hall–Kier alpha value is -3.09. The van der Waals surface area contributed by atoms with Crippen molar-refractivity contribution < 1.29 is 17.9 Å². The maximum Gasteiger partial charge on any atom is 0.416 e. The van der Waals surface area contributed by atoms with Crippen molar-refractivity contribution in [3.63, 3.8) is 0 Å². The third kappa shape index (κ3) is 4.06. The van der Waals surface area contributed by atoms with Gasteiger partial charge in [0.2, 0.25) is 5.88 Å². The number of aromatic nitrogens is 2. The first-order chi connectivity index (χ1) is 11.9. The van der Waals surface area contributed by atoms with Crippen molar-refractivity contribution in [3.8, 4) is 17.1 Å². The number of nitrogens with zero attached hydrogens (tertiary/aromatic N) is 2. The summed E-state index contributed by atoms with van der Waals surface area (Å²) in [4.78, 5) is 8.17. The highest BCUT2D eigenvalue weighted by Gasteiger charge is 2.30. The van der Waals surface area contributed by atoms with Crippen LogP contribution in [0.2, 0.25) is 0 Å². The van der Waals surface area contributed by atoms with Crippen molar-refractivity contribution in [3.05, 3.63) is 71.9 Å². The molecular weight excluding hydrogens is 331 g/mol. The highest BCUT2D eigenvalue weighted by Crippen LogP contribution is 2.33. The van der Waals surface area contributed by atoms with E-state index in [-0.39, 0.29) is 29.6 Å². The Balaban J connectivity index is 1.80. The van der Waals surface area contributed by atoms with Gasteiger partial charge in [0.05, 0.1) is 11.8 Å². The first-order valence-corrected chi connectivity index (χ1v) is 7.40. The van der Waals surface area contributed by atoms with Gasteiger partial charge in [0.25, 0.3) is 0 Å². The SMILES string of the molecule is Nc1nc(OCc2ccccc2)cnc1-c1cccc(C(F)(F)F)c1. The minimum atomic E-state index is -4.43. The van der Waals surface area contributed by atoms with Crippen molar-refractivity contribution in [2.24, 2.45) is 0 Å². The van der Waals surface area contributed by atoms with Crippen LogP contribution in [0.1, 0.15) is 11.1 Å². The Kier molecular flexibility index (Phi) is 4.56. The number of halogens is 3. The van der Waals surface area contributed by atoms with Crippen LogP contribution >= 0.6 is 0 Å². The summed E-state index contributed by atoms with van der Waals surface area (Å²) < 4.78 is 44.0. The summed E-state index contributed by atoms with van der Waals surface area (Å²) in [7, 11) is 0. The van der Waals surface area contributed by atoms with Crippen LogP contribution in [0.3, 0.4) is 0 Å². The summed E-state index contributed by atoms with van der Waals surface area (Å²) in [6.07, 6.45) is -3.09. The summed E-state index contributed by atoms with van der Waals surface area (Å²) in [6.45, 7) is 0.290. The first-order valence-electron chi connectivity index (χ1n) is 7.40. The fourth-order valence-electron chi connectivity index (χ4n) is 2.25. The van der Waals surface area contributed by atoms with E-state index in [1.165, 1.54) is 18.3 Å². The molecule has 3 rings (SSSR count). The molecular formula is C18H14F3N3O. The van der Waals surface area contributed by atoms with Gasteiger partial charge in [-0.15, -0.1) is 0 Å². The quantitative estimate of drug-likeness (QED) is 0.765. The number of hydrogen-bond acceptors (Lipinski definition) is 4. The zero-order valence-corrected chi connectivity index (χ0v) is 13.0. The molecule has 0 amide bonds. The van der Waals surface area contributed by atoms with E-state index in [1.807, 2.05) is 30.3 Å². The number of ether oxygens (including phenoxy) is 1. The number of anilines is 1. The molecule has 0 saturated carbocycles. The average Bonchev–Trinajstić information content (AvgIpc) is 2.60. The smallest absolute Gasteiger partial charge is 0.416 e. The van der Waals surface area contributed by atoms with Crippen LogP contribution in [0, 0.1) is 0 Å². The number of alkyl halides is 3. The topological polar surface area (TPSA) is 61.0 Å². The fourth-order valence-corrected chi connectivity index (χ4v) is 2.25. The Morgan fingerprint density at radius 2 is 1.76 bits per heavy atom.